The van der Waals surface area contributed by atoms with E-state index >= 15 is 0 Å². The molecule has 1 N–H and O–H groups in total. The number of rotatable bonds is 7. The van der Waals surface area contributed by atoms with Crippen LogP contribution in [0.25, 0.3) is 0 Å². The zero-order chi connectivity index (χ0) is 17.6. The molecule has 23 heavy (non-hydrogen) atoms. The summed E-state index contributed by atoms with van der Waals surface area (Å²) in [7, 11) is 3.71. The fourth-order valence-corrected chi connectivity index (χ4v) is 1.89. The lowest BCUT2D eigenvalue weighted by molar-refractivity contribution is -0.121. The summed E-state index contributed by atoms with van der Waals surface area (Å²) in [5, 5.41) is 2.65. The lowest BCUT2D eigenvalue weighted by Gasteiger charge is -2.22. The molecule has 0 heterocycles. The number of carbonyl (C=O) groups is 2. The molecule has 1 aromatic carbocycles. The third kappa shape index (κ3) is 5.55. The Labute approximate surface area is 133 Å². The van der Waals surface area contributed by atoms with Crippen LogP contribution in [0.1, 0.15) is 13.3 Å². The number of halogens is 3. The van der Waals surface area contributed by atoms with E-state index in [0.717, 1.165) is 24.0 Å². The number of hydrogen-bond donors (Lipinski definition) is 1. The van der Waals surface area contributed by atoms with Gasteiger partial charge < -0.3 is 15.1 Å². The van der Waals surface area contributed by atoms with Crippen molar-refractivity contribution in [2.24, 2.45) is 0 Å². The Bertz CT molecular complexity index is 579. The highest BCUT2D eigenvalue weighted by Gasteiger charge is 2.21. The van der Waals surface area contributed by atoms with Gasteiger partial charge in [-0.25, -0.2) is 13.2 Å². The molecule has 0 saturated carbocycles. The Balaban J connectivity index is 2.72. The molecule has 0 bridgehead atoms. The van der Waals surface area contributed by atoms with Crippen LogP contribution in [-0.4, -0.2) is 50.4 Å². The molecule has 0 fully saturated rings. The molecule has 0 atom stereocenters. The zero-order valence-electron chi connectivity index (χ0n) is 13.3. The third-order valence-electron chi connectivity index (χ3n) is 3.13. The SMILES string of the molecule is CC(=O)N(CCC(=O)NCCN(C)C)c1ccc(F)c(F)c1F. The normalized spacial score (nSPS) is 10.7. The Morgan fingerprint density at radius 1 is 1.09 bits per heavy atom. The van der Waals surface area contributed by atoms with E-state index < -0.39 is 29.0 Å². The lowest BCUT2D eigenvalue weighted by atomic mass is 10.2. The maximum absolute atomic E-state index is 13.8. The van der Waals surface area contributed by atoms with E-state index in [-0.39, 0.29) is 18.9 Å². The molecule has 0 unspecified atom stereocenters. The van der Waals surface area contributed by atoms with Crippen LogP contribution in [0.2, 0.25) is 0 Å². The minimum atomic E-state index is -1.65. The number of nitrogens with zero attached hydrogens (tertiary/aromatic N) is 2. The van der Waals surface area contributed by atoms with Crippen LogP contribution in [0.5, 0.6) is 0 Å². The van der Waals surface area contributed by atoms with Gasteiger partial charge in [-0.05, 0) is 26.2 Å². The van der Waals surface area contributed by atoms with E-state index in [0.29, 0.717) is 13.1 Å². The maximum Gasteiger partial charge on any atom is 0.223 e. The van der Waals surface area contributed by atoms with E-state index in [9.17, 15) is 22.8 Å². The Morgan fingerprint density at radius 2 is 1.74 bits per heavy atom. The summed E-state index contributed by atoms with van der Waals surface area (Å²) >= 11 is 0. The summed E-state index contributed by atoms with van der Waals surface area (Å²) in [6.07, 6.45) is -0.0779. The van der Waals surface area contributed by atoms with Gasteiger partial charge in [-0.15, -0.1) is 0 Å². The first-order valence-corrected chi connectivity index (χ1v) is 7.07. The molecule has 1 rings (SSSR count). The molecule has 0 aromatic heterocycles. The molecule has 0 spiro atoms. The van der Waals surface area contributed by atoms with Gasteiger partial charge in [0.05, 0.1) is 5.69 Å². The number of carbonyl (C=O) groups excluding carboxylic acids is 2. The summed E-state index contributed by atoms with van der Waals surface area (Å²) in [6.45, 7) is 2.11. The van der Waals surface area contributed by atoms with Crippen LogP contribution < -0.4 is 10.2 Å². The molecule has 128 valence electrons. The van der Waals surface area contributed by atoms with Crippen LogP contribution in [-0.2, 0) is 9.59 Å². The van der Waals surface area contributed by atoms with Crippen molar-refractivity contribution in [1.82, 2.24) is 10.2 Å². The van der Waals surface area contributed by atoms with Crippen LogP contribution in [0.4, 0.5) is 18.9 Å². The van der Waals surface area contributed by atoms with Crippen molar-refractivity contribution in [3.05, 3.63) is 29.6 Å². The molecule has 0 aliphatic heterocycles. The number of anilines is 1. The van der Waals surface area contributed by atoms with Crippen LogP contribution in [0.15, 0.2) is 12.1 Å². The summed E-state index contributed by atoms with van der Waals surface area (Å²) in [5.41, 5.74) is -0.391. The molecular formula is C15H20F3N3O2. The van der Waals surface area contributed by atoms with Gasteiger partial charge in [0, 0.05) is 33.0 Å². The predicted molar refractivity (Wildman–Crippen MR) is 80.5 cm³/mol. The van der Waals surface area contributed by atoms with E-state index in [4.69, 9.17) is 0 Å². The van der Waals surface area contributed by atoms with Gasteiger partial charge in [0.2, 0.25) is 11.8 Å². The molecule has 0 aliphatic rings. The second-order valence-electron chi connectivity index (χ2n) is 5.27. The van der Waals surface area contributed by atoms with Crippen molar-refractivity contribution in [3.63, 3.8) is 0 Å². The number of likely N-dealkylation sites (N-methyl/N-ethyl adjacent to an activating group) is 1. The first-order valence-electron chi connectivity index (χ1n) is 7.07. The van der Waals surface area contributed by atoms with Crippen molar-refractivity contribution >= 4 is 17.5 Å². The van der Waals surface area contributed by atoms with Crippen molar-refractivity contribution in [2.45, 2.75) is 13.3 Å². The highest BCUT2D eigenvalue weighted by atomic mass is 19.2. The van der Waals surface area contributed by atoms with Gasteiger partial charge in [0.1, 0.15) is 0 Å². The number of benzene rings is 1. The number of amides is 2. The minimum Gasteiger partial charge on any atom is -0.355 e. The first kappa shape index (κ1) is 19.0. The number of hydrogen-bond acceptors (Lipinski definition) is 3. The standard InChI is InChI=1S/C15H20F3N3O2/c1-10(22)21(8-6-13(23)19-7-9-20(2)3)12-5-4-11(16)14(17)15(12)18/h4-5H,6-9H2,1-3H3,(H,19,23). The fourth-order valence-electron chi connectivity index (χ4n) is 1.89. The summed E-state index contributed by atoms with van der Waals surface area (Å²) in [6, 6.07) is 1.71. The molecule has 0 saturated heterocycles. The van der Waals surface area contributed by atoms with E-state index in [1.165, 1.54) is 0 Å². The topological polar surface area (TPSA) is 52.7 Å². The monoisotopic (exact) mass is 331 g/mol. The van der Waals surface area contributed by atoms with Crippen molar-refractivity contribution in [1.29, 1.82) is 0 Å². The second-order valence-corrected chi connectivity index (χ2v) is 5.27. The summed E-state index contributed by atoms with van der Waals surface area (Å²) in [5.74, 6) is -5.33. The summed E-state index contributed by atoms with van der Waals surface area (Å²) in [4.78, 5) is 26.1. The van der Waals surface area contributed by atoms with Gasteiger partial charge >= 0.3 is 0 Å². The zero-order valence-corrected chi connectivity index (χ0v) is 13.3. The van der Waals surface area contributed by atoms with Crippen LogP contribution in [0, 0.1) is 17.5 Å². The van der Waals surface area contributed by atoms with Gasteiger partial charge in [-0.2, -0.15) is 0 Å². The second kappa shape index (κ2) is 8.52. The lowest BCUT2D eigenvalue weighted by Crippen LogP contribution is -2.36. The molecule has 2 amide bonds. The van der Waals surface area contributed by atoms with E-state index in [1.54, 1.807) is 0 Å². The van der Waals surface area contributed by atoms with Gasteiger partial charge in [-0.3, -0.25) is 9.59 Å². The number of nitrogens with one attached hydrogen (secondary N) is 1. The van der Waals surface area contributed by atoms with Crippen molar-refractivity contribution in [2.75, 3.05) is 38.6 Å². The van der Waals surface area contributed by atoms with Gasteiger partial charge in [-0.1, -0.05) is 0 Å². The maximum atomic E-state index is 13.8. The van der Waals surface area contributed by atoms with Crippen LogP contribution in [0.3, 0.4) is 0 Å². The van der Waals surface area contributed by atoms with E-state index in [1.807, 2.05) is 19.0 Å². The Kier molecular flexibility index (Phi) is 7.02. The van der Waals surface area contributed by atoms with Crippen molar-refractivity contribution < 1.29 is 22.8 Å². The molecular weight excluding hydrogens is 311 g/mol. The molecule has 5 nitrogen and oxygen atoms in total. The average Bonchev–Trinajstić information content (AvgIpc) is 2.46. The van der Waals surface area contributed by atoms with Crippen molar-refractivity contribution in [3.8, 4) is 0 Å². The molecule has 8 heteroatoms. The molecule has 0 aliphatic carbocycles. The van der Waals surface area contributed by atoms with E-state index in [2.05, 4.69) is 5.32 Å². The van der Waals surface area contributed by atoms with Gasteiger partial charge in [0.15, 0.2) is 17.5 Å². The first-order chi connectivity index (χ1) is 10.7. The largest absolute Gasteiger partial charge is 0.355 e. The fraction of sp³-hybridized carbons (Fsp3) is 0.467. The quantitative estimate of drug-likeness (QED) is 0.771. The van der Waals surface area contributed by atoms with Gasteiger partial charge in [0.25, 0.3) is 0 Å². The smallest absolute Gasteiger partial charge is 0.223 e. The predicted octanol–water partition coefficient (Wildman–Crippen LogP) is 1.52. The average molecular weight is 331 g/mol. The highest BCUT2D eigenvalue weighted by molar-refractivity contribution is 5.92. The van der Waals surface area contributed by atoms with Crippen LogP contribution >= 0.6 is 0 Å². The Hall–Kier alpha value is -2.09. The molecule has 0 radical (unpaired) electrons. The minimum absolute atomic E-state index is 0.0779. The summed E-state index contributed by atoms with van der Waals surface area (Å²) < 4.78 is 40.0. The third-order valence-corrected chi connectivity index (χ3v) is 3.13. The molecule has 1 aromatic rings. The highest BCUT2D eigenvalue weighted by Crippen LogP contribution is 2.24. The Morgan fingerprint density at radius 3 is 2.30 bits per heavy atom.